The monoisotopic (exact) mass is 427 g/mol. The van der Waals surface area contributed by atoms with Gasteiger partial charge in [0.1, 0.15) is 22.8 Å². The first-order chi connectivity index (χ1) is 15.3. The lowest BCUT2D eigenvalue weighted by atomic mass is 9.85. The molecule has 0 spiro atoms. The van der Waals surface area contributed by atoms with E-state index in [4.69, 9.17) is 9.47 Å². The summed E-state index contributed by atoms with van der Waals surface area (Å²) in [6, 6.07) is 16.9. The van der Waals surface area contributed by atoms with E-state index in [1.807, 2.05) is 31.2 Å². The lowest BCUT2D eigenvalue weighted by molar-refractivity contribution is 0.0844. The molecule has 3 unspecified atom stereocenters. The first-order valence-electron chi connectivity index (χ1n) is 11.3. The summed E-state index contributed by atoms with van der Waals surface area (Å²) in [4.78, 5) is 2.41. The third-order valence-electron chi connectivity index (χ3n) is 7.19. The van der Waals surface area contributed by atoms with Crippen LogP contribution in [0.4, 0.5) is 5.69 Å². The third kappa shape index (κ3) is 3.37. The highest BCUT2D eigenvalue weighted by Crippen LogP contribution is 2.61. The first kappa shape index (κ1) is 22.0. The highest BCUT2D eigenvalue weighted by atomic mass is 16.5. The van der Waals surface area contributed by atoms with Gasteiger partial charge >= 0.3 is 0 Å². The van der Waals surface area contributed by atoms with E-state index in [-0.39, 0.29) is 5.54 Å². The van der Waals surface area contributed by atoms with Crippen molar-refractivity contribution in [2.75, 3.05) is 4.90 Å². The van der Waals surface area contributed by atoms with E-state index in [0.717, 1.165) is 29.2 Å². The molecule has 1 fully saturated rings. The van der Waals surface area contributed by atoms with E-state index < -0.39 is 5.72 Å². The number of hydrogen-bond acceptors (Lipinski definition) is 3. The van der Waals surface area contributed by atoms with E-state index in [9.17, 15) is 0 Å². The fraction of sp³-hybridized carbons (Fsp3) is 0.310. The maximum absolute atomic E-state index is 6.83. The van der Waals surface area contributed by atoms with Gasteiger partial charge in [-0.15, -0.1) is 0 Å². The van der Waals surface area contributed by atoms with E-state index in [2.05, 4.69) is 82.2 Å². The number of rotatable bonds is 2. The van der Waals surface area contributed by atoms with Crippen LogP contribution in [-0.2, 0) is 11.2 Å². The Balaban J connectivity index is 1.88. The van der Waals surface area contributed by atoms with Crippen LogP contribution in [0.25, 0.3) is 0 Å². The van der Waals surface area contributed by atoms with Crippen LogP contribution in [0.1, 0.15) is 38.8 Å². The molecule has 3 atom stereocenters. The summed E-state index contributed by atoms with van der Waals surface area (Å²) in [5, 5.41) is 0. The first-order valence-corrected chi connectivity index (χ1v) is 11.3. The van der Waals surface area contributed by atoms with Crippen molar-refractivity contribution >= 4 is 5.69 Å². The number of benzene rings is 2. The molecular weight excluding hydrogens is 394 g/mol. The van der Waals surface area contributed by atoms with Gasteiger partial charge in [0.25, 0.3) is 0 Å². The second-order valence-electron chi connectivity index (χ2n) is 9.11. The van der Waals surface area contributed by atoms with Crippen LogP contribution in [0.5, 0.6) is 5.75 Å². The fourth-order valence-corrected chi connectivity index (χ4v) is 5.04. The van der Waals surface area contributed by atoms with Crippen molar-refractivity contribution in [2.24, 2.45) is 5.92 Å². The van der Waals surface area contributed by atoms with Gasteiger partial charge < -0.3 is 14.4 Å². The van der Waals surface area contributed by atoms with Gasteiger partial charge in [-0.1, -0.05) is 62.1 Å². The van der Waals surface area contributed by atoms with Crippen molar-refractivity contribution in [1.29, 1.82) is 0 Å². The molecule has 0 N–H and O–H groups in total. The molecule has 1 saturated heterocycles. The average molecular weight is 428 g/mol. The molecule has 2 aliphatic heterocycles. The molecule has 2 aromatic rings. The molecule has 2 heterocycles. The Labute approximate surface area is 192 Å². The summed E-state index contributed by atoms with van der Waals surface area (Å²) in [5.74, 6) is 2.43. The normalized spacial score (nSPS) is 30.0. The second-order valence-corrected chi connectivity index (χ2v) is 9.11. The van der Waals surface area contributed by atoms with Crippen molar-refractivity contribution in [3.05, 3.63) is 108 Å². The van der Waals surface area contributed by atoms with E-state index in [1.165, 1.54) is 11.1 Å². The average Bonchev–Trinajstić information content (AvgIpc) is 3.27. The fourth-order valence-electron chi connectivity index (χ4n) is 5.04. The standard InChI is InChI=1S/C29H33NO2/c1-8-12-25-22(5)31-27-14-11-10-13-23(27)19-21(4)28(6)29(7,32-26(25)9-2)30(28)24-17-15-20(3)16-18-24/h8-18,21H,1,5,19H2,2-4,6-7H3/b25-12-,26-9+. The Bertz CT molecular complexity index is 1110. The predicted molar refractivity (Wildman–Crippen MR) is 133 cm³/mol. The van der Waals surface area contributed by atoms with Crippen LogP contribution >= 0.6 is 0 Å². The number of hydrogen-bond donors (Lipinski definition) is 0. The Hall–Kier alpha value is -3.20. The van der Waals surface area contributed by atoms with Gasteiger partial charge in [0.2, 0.25) is 5.72 Å². The molecule has 166 valence electrons. The molecule has 2 aromatic carbocycles. The van der Waals surface area contributed by atoms with E-state index in [1.54, 1.807) is 6.08 Å². The van der Waals surface area contributed by atoms with E-state index >= 15 is 0 Å². The zero-order valence-corrected chi connectivity index (χ0v) is 19.8. The van der Waals surface area contributed by atoms with Gasteiger partial charge in [-0.3, -0.25) is 0 Å². The van der Waals surface area contributed by atoms with Crippen molar-refractivity contribution in [3.8, 4) is 5.75 Å². The largest absolute Gasteiger partial charge is 0.465 e. The summed E-state index contributed by atoms with van der Waals surface area (Å²) in [6.45, 7) is 19.0. The van der Waals surface area contributed by atoms with Gasteiger partial charge in [0, 0.05) is 5.69 Å². The van der Waals surface area contributed by atoms with Crippen molar-refractivity contribution in [2.45, 2.75) is 52.3 Å². The molecule has 0 amide bonds. The summed E-state index contributed by atoms with van der Waals surface area (Å²) >= 11 is 0. The summed E-state index contributed by atoms with van der Waals surface area (Å²) < 4.78 is 13.1. The zero-order chi connectivity index (χ0) is 23.1. The highest BCUT2D eigenvalue weighted by molar-refractivity contribution is 5.64. The lowest BCUT2D eigenvalue weighted by Gasteiger charge is -2.23. The van der Waals surface area contributed by atoms with Crippen LogP contribution in [-0.4, -0.2) is 11.3 Å². The van der Waals surface area contributed by atoms with Gasteiger partial charge in [-0.2, -0.15) is 0 Å². The van der Waals surface area contributed by atoms with Crippen molar-refractivity contribution in [1.82, 2.24) is 0 Å². The molecule has 3 heteroatoms. The zero-order valence-electron chi connectivity index (χ0n) is 19.8. The smallest absolute Gasteiger partial charge is 0.204 e. The summed E-state index contributed by atoms with van der Waals surface area (Å²) in [6.07, 6.45) is 6.50. The molecule has 0 aromatic heterocycles. The minimum Gasteiger partial charge on any atom is -0.465 e. The topological polar surface area (TPSA) is 21.5 Å². The maximum Gasteiger partial charge on any atom is 0.204 e. The van der Waals surface area contributed by atoms with Crippen molar-refractivity contribution < 1.29 is 9.47 Å². The molecule has 4 rings (SSSR count). The molecule has 32 heavy (non-hydrogen) atoms. The lowest BCUT2D eigenvalue weighted by Crippen LogP contribution is -2.31. The van der Waals surface area contributed by atoms with Crippen LogP contribution in [0, 0.1) is 12.8 Å². The van der Waals surface area contributed by atoms with Crippen LogP contribution in [0.3, 0.4) is 0 Å². The summed E-state index contributed by atoms with van der Waals surface area (Å²) in [5.41, 5.74) is 3.64. The number of anilines is 1. The number of fused-ring (bicyclic) bond motifs is 2. The van der Waals surface area contributed by atoms with E-state index in [0.29, 0.717) is 11.7 Å². The minimum absolute atomic E-state index is 0.214. The molecular formula is C29H33NO2. The number of para-hydroxylation sites is 1. The molecule has 0 aliphatic carbocycles. The number of allylic oxidation sites excluding steroid dienone is 3. The molecule has 0 saturated carbocycles. The Morgan fingerprint density at radius 2 is 1.78 bits per heavy atom. The Morgan fingerprint density at radius 1 is 1.09 bits per heavy atom. The Morgan fingerprint density at radius 3 is 2.44 bits per heavy atom. The van der Waals surface area contributed by atoms with Crippen LogP contribution < -0.4 is 9.64 Å². The van der Waals surface area contributed by atoms with Crippen LogP contribution in [0.2, 0.25) is 0 Å². The second kappa shape index (κ2) is 8.05. The SMILES string of the molecule is C=C/C=C1/C(=C)Oc2ccccc2CC(C)C2(C)N(c3ccc(C)cc3)C2(C)O/C1=C/C. The third-order valence-corrected chi connectivity index (χ3v) is 7.19. The van der Waals surface area contributed by atoms with Crippen LogP contribution in [0.15, 0.2) is 97.0 Å². The number of nitrogens with zero attached hydrogens (tertiary/aromatic N) is 1. The minimum atomic E-state index is -0.524. The Kier molecular flexibility index (Phi) is 5.54. The molecule has 3 nitrogen and oxygen atoms in total. The summed E-state index contributed by atoms with van der Waals surface area (Å²) in [7, 11) is 0. The van der Waals surface area contributed by atoms with Gasteiger partial charge in [-0.25, -0.2) is 0 Å². The molecule has 0 bridgehead atoms. The predicted octanol–water partition coefficient (Wildman–Crippen LogP) is 7.11. The highest BCUT2D eigenvalue weighted by Gasteiger charge is 2.74. The maximum atomic E-state index is 6.83. The number of aryl methyl sites for hydroxylation is 1. The number of ether oxygens (including phenoxy) is 2. The quantitative estimate of drug-likeness (QED) is 0.477. The molecule has 0 radical (unpaired) electrons. The van der Waals surface area contributed by atoms with Gasteiger partial charge in [0.05, 0.1) is 5.57 Å². The van der Waals surface area contributed by atoms with Gasteiger partial charge in [-0.05, 0) is 75.9 Å². The molecule has 2 aliphatic rings. The van der Waals surface area contributed by atoms with Crippen molar-refractivity contribution in [3.63, 3.8) is 0 Å². The van der Waals surface area contributed by atoms with Gasteiger partial charge in [0.15, 0.2) is 0 Å².